The highest BCUT2D eigenvalue weighted by molar-refractivity contribution is 7.16. The van der Waals surface area contributed by atoms with Gasteiger partial charge in [0.1, 0.15) is 18.1 Å². The molecule has 3 heterocycles. The van der Waals surface area contributed by atoms with E-state index in [1.807, 2.05) is 28.4 Å². The van der Waals surface area contributed by atoms with Crippen LogP contribution in [0.5, 0.6) is 11.6 Å². The molecule has 1 aliphatic heterocycles. The van der Waals surface area contributed by atoms with Gasteiger partial charge in [-0.15, -0.1) is 11.3 Å². The summed E-state index contributed by atoms with van der Waals surface area (Å²) in [5, 5.41) is 4.80. The number of hydrogen-bond donors (Lipinski definition) is 0. The van der Waals surface area contributed by atoms with Crippen molar-refractivity contribution in [3.8, 4) is 34.0 Å². The first kappa shape index (κ1) is 14.5. The van der Waals surface area contributed by atoms with Crippen LogP contribution in [0, 0.1) is 0 Å². The lowest BCUT2D eigenvalue weighted by Crippen LogP contribution is -1.96. The van der Waals surface area contributed by atoms with Crippen molar-refractivity contribution in [2.75, 3.05) is 13.7 Å². The lowest BCUT2D eigenvalue weighted by atomic mass is 10.0. The molecule has 0 spiro atoms. The van der Waals surface area contributed by atoms with Crippen LogP contribution in [0.2, 0.25) is 0 Å². The van der Waals surface area contributed by atoms with Crippen LogP contribution in [0.25, 0.3) is 32.6 Å². The Kier molecular flexibility index (Phi) is 3.24. The molecule has 0 radical (unpaired) electrons. The Morgan fingerprint density at radius 1 is 1.16 bits per heavy atom. The zero-order valence-corrected chi connectivity index (χ0v) is 14.4. The maximum absolute atomic E-state index is 5.89. The lowest BCUT2D eigenvalue weighted by molar-refractivity contribution is 0.358. The van der Waals surface area contributed by atoms with Gasteiger partial charge in [0, 0.05) is 5.56 Å². The van der Waals surface area contributed by atoms with Gasteiger partial charge >= 0.3 is 0 Å². The van der Waals surface area contributed by atoms with Crippen molar-refractivity contribution in [2.24, 2.45) is 0 Å². The standard InChI is InChI=1S/C19H15N3O2S/c1-23-14-4-2-3-13(9-14)18-17(19-22(21-18)7-8-24-19)12-5-6-15-16(10-12)25-11-20-15/h2-6,9-11H,7-8H2,1H3. The van der Waals surface area contributed by atoms with Crippen molar-refractivity contribution < 1.29 is 9.47 Å². The van der Waals surface area contributed by atoms with Crippen LogP contribution in [0.15, 0.2) is 48.0 Å². The Labute approximate surface area is 148 Å². The Hall–Kier alpha value is -2.86. The molecular weight excluding hydrogens is 334 g/mol. The summed E-state index contributed by atoms with van der Waals surface area (Å²) in [6.45, 7) is 1.44. The lowest BCUT2D eigenvalue weighted by Gasteiger charge is -2.07. The Balaban J connectivity index is 1.74. The third kappa shape index (κ3) is 2.29. The molecule has 5 nitrogen and oxygen atoms in total. The van der Waals surface area contributed by atoms with Gasteiger partial charge in [0.05, 0.1) is 34.9 Å². The van der Waals surface area contributed by atoms with Crippen LogP contribution in [-0.2, 0) is 6.54 Å². The van der Waals surface area contributed by atoms with E-state index in [9.17, 15) is 0 Å². The van der Waals surface area contributed by atoms with Crippen molar-refractivity contribution >= 4 is 21.6 Å². The Morgan fingerprint density at radius 2 is 2.12 bits per heavy atom. The normalized spacial score (nSPS) is 13.0. The minimum atomic E-state index is 0.663. The van der Waals surface area contributed by atoms with Gasteiger partial charge in [0.25, 0.3) is 0 Å². The van der Waals surface area contributed by atoms with Crippen molar-refractivity contribution in [2.45, 2.75) is 6.54 Å². The Morgan fingerprint density at radius 3 is 3.04 bits per heavy atom. The average molecular weight is 349 g/mol. The molecule has 1 aliphatic rings. The SMILES string of the molecule is COc1cccc(-c2nn3c(c2-c2ccc4ncsc4c2)OCC3)c1. The number of methoxy groups -OCH3 is 1. The van der Waals surface area contributed by atoms with Crippen molar-refractivity contribution in [3.63, 3.8) is 0 Å². The van der Waals surface area contributed by atoms with E-state index in [1.165, 1.54) is 0 Å². The molecule has 0 aliphatic carbocycles. The fraction of sp³-hybridized carbons (Fsp3) is 0.158. The highest BCUT2D eigenvalue weighted by atomic mass is 32.1. The number of ether oxygens (including phenoxy) is 2. The molecule has 5 rings (SSSR count). The van der Waals surface area contributed by atoms with E-state index in [4.69, 9.17) is 14.6 Å². The van der Waals surface area contributed by atoms with Crippen molar-refractivity contribution in [1.82, 2.24) is 14.8 Å². The molecule has 6 heteroatoms. The summed E-state index contributed by atoms with van der Waals surface area (Å²) in [4.78, 5) is 4.37. The summed E-state index contributed by atoms with van der Waals surface area (Å²) in [7, 11) is 1.67. The molecule has 2 aromatic carbocycles. The number of hydrogen-bond acceptors (Lipinski definition) is 5. The predicted molar refractivity (Wildman–Crippen MR) is 98.3 cm³/mol. The van der Waals surface area contributed by atoms with Gasteiger partial charge < -0.3 is 9.47 Å². The van der Waals surface area contributed by atoms with E-state index in [0.717, 1.165) is 50.8 Å². The molecule has 0 unspecified atom stereocenters. The monoisotopic (exact) mass is 349 g/mol. The maximum atomic E-state index is 5.89. The smallest absolute Gasteiger partial charge is 0.220 e. The summed E-state index contributed by atoms with van der Waals surface area (Å²) in [5.41, 5.74) is 6.94. The summed E-state index contributed by atoms with van der Waals surface area (Å²) < 4.78 is 14.4. The van der Waals surface area contributed by atoms with E-state index < -0.39 is 0 Å². The largest absolute Gasteiger partial charge is 0.497 e. The number of thiazole rings is 1. The number of rotatable bonds is 3. The van der Waals surface area contributed by atoms with Crippen molar-refractivity contribution in [1.29, 1.82) is 0 Å². The van der Waals surface area contributed by atoms with Gasteiger partial charge in [-0.25, -0.2) is 9.67 Å². The van der Waals surface area contributed by atoms with Gasteiger partial charge in [0.2, 0.25) is 5.88 Å². The second-order valence-corrected chi connectivity index (χ2v) is 6.75. The molecule has 25 heavy (non-hydrogen) atoms. The van der Waals surface area contributed by atoms with Gasteiger partial charge in [-0.2, -0.15) is 5.10 Å². The molecular formula is C19H15N3O2S. The van der Waals surface area contributed by atoms with Crippen LogP contribution in [0.4, 0.5) is 0 Å². The molecule has 2 aromatic heterocycles. The number of benzene rings is 2. The van der Waals surface area contributed by atoms with E-state index in [0.29, 0.717) is 6.61 Å². The number of nitrogens with zero attached hydrogens (tertiary/aromatic N) is 3. The summed E-state index contributed by atoms with van der Waals surface area (Å²) in [5.74, 6) is 1.65. The second kappa shape index (κ2) is 5.60. The zero-order chi connectivity index (χ0) is 16.8. The van der Waals surface area contributed by atoms with Gasteiger partial charge in [-0.3, -0.25) is 0 Å². The zero-order valence-electron chi connectivity index (χ0n) is 13.6. The third-order valence-electron chi connectivity index (χ3n) is 4.41. The second-order valence-electron chi connectivity index (χ2n) is 5.87. The van der Waals surface area contributed by atoms with Gasteiger partial charge in [0.15, 0.2) is 0 Å². The molecule has 0 saturated heterocycles. The average Bonchev–Trinajstić information content (AvgIpc) is 3.36. The molecule has 0 amide bonds. The molecule has 0 bridgehead atoms. The first-order chi connectivity index (χ1) is 12.3. The quantitative estimate of drug-likeness (QED) is 0.555. The first-order valence-electron chi connectivity index (χ1n) is 8.05. The topological polar surface area (TPSA) is 49.2 Å². The molecule has 4 aromatic rings. The molecule has 0 N–H and O–H groups in total. The van der Waals surface area contributed by atoms with Crippen LogP contribution < -0.4 is 9.47 Å². The molecule has 0 saturated carbocycles. The van der Waals surface area contributed by atoms with E-state index in [1.54, 1.807) is 18.4 Å². The predicted octanol–water partition coefficient (Wildman–Crippen LogP) is 4.23. The molecule has 0 fully saturated rings. The van der Waals surface area contributed by atoms with Crippen molar-refractivity contribution in [3.05, 3.63) is 48.0 Å². The maximum Gasteiger partial charge on any atom is 0.220 e. The van der Waals surface area contributed by atoms with Gasteiger partial charge in [-0.05, 0) is 29.8 Å². The van der Waals surface area contributed by atoms with Crippen LogP contribution >= 0.6 is 11.3 Å². The number of fused-ring (bicyclic) bond motifs is 2. The van der Waals surface area contributed by atoms with Crippen LogP contribution in [0.1, 0.15) is 0 Å². The fourth-order valence-corrected chi connectivity index (χ4v) is 3.93. The van der Waals surface area contributed by atoms with Gasteiger partial charge in [-0.1, -0.05) is 18.2 Å². The minimum Gasteiger partial charge on any atom is -0.497 e. The summed E-state index contributed by atoms with van der Waals surface area (Å²) in [6, 6.07) is 14.3. The van der Waals surface area contributed by atoms with Crippen LogP contribution in [0.3, 0.4) is 0 Å². The summed E-state index contributed by atoms with van der Waals surface area (Å²) >= 11 is 1.64. The summed E-state index contributed by atoms with van der Waals surface area (Å²) in [6.07, 6.45) is 0. The highest BCUT2D eigenvalue weighted by Gasteiger charge is 2.26. The molecule has 0 atom stereocenters. The fourth-order valence-electron chi connectivity index (χ4n) is 3.22. The first-order valence-corrected chi connectivity index (χ1v) is 8.93. The third-order valence-corrected chi connectivity index (χ3v) is 5.20. The number of aromatic nitrogens is 3. The van der Waals surface area contributed by atoms with E-state index >= 15 is 0 Å². The minimum absolute atomic E-state index is 0.663. The highest BCUT2D eigenvalue weighted by Crippen LogP contribution is 2.42. The van der Waals surface area contributed by atoms with E-state index in [2.05, 4.69) is 29.2 Å². The molecule has 124 valence electrons. The Bertz CT molecular complexity index is 1080. The van der Waals surface area contributed by atoms with E-state index in [-0.39, 0.29) is 0 Å². The van der Waals surface area contributed by atoms with Crippen LogP contribution in [-0.4, -0.2) is 28.5 Å².